The lowest BCUT2D eigenvalue weighted by Gasteiger charge is -2.20. The molecule has 28 heavy (non-hydrogen) atoms. The highest BCUT2D eigenvalue weighted by Gasteiger charge is 2.18. The lowest BCUT2D eigenvalue weighted by molar-refractivity contribution is -0.140. The van der Waals surface area contributed by atoms with E-state index < -0.39 is 0 Å². The van der Waals surface area contributed by atoms with Crippen molar-refractivity contribution in [2.45, 2.75) is 38.9 Å². The molecular formula is C22H26O2S4. The summed E-state index contributed by atoms with van der Waals surface area (Å²) in [6, 6.07) is 20.7. The molecule has 0 fully saturated rings. The number of thioether (sulfide) groups is 4. The molecule has 2 aromatic carbocycles. The molecule has 2 nitrogen and oxygen atoms in total. The van der Waals surface area contributed by atoms with Crippen LogP contribution >= 0.6 is 47.0 Å². The van der Waals surface area contributed by atoms with E-state index in [0.717, 1.165) is 11.5 Å². The minimum absolute atomic E-state index is 0.127. The molecule has 0 saturated heterocycles. The number of carbonyl (C=O) groups is 1. The molecule has 0 radical (unpaired) electrons. The van der Waals surface area contributed by atoms with E-state index in [-0.39, 0.29) is 12.1 Å². The minimum Gasteiger partial charge on any atom is -0.457 e. The number of benzene rings is 2. The third kappa shape index (κ3) is 9.50. The zero-order valence-corrected chi connectivity index (χ0v) is 19.4. The molecule has 0 spiro atoms. The van der Waals surface area contributed by atoms with Crippen molar-refractivity contribution in [2.75, 3.05) is 11.5 Å². The van der Waals surface area contributed by atoms with Crippen LogP contribution in [-0.2, 0) is 9.53 Å². The minimum atomic E-state index is -0.349. The predicted octanol–water partition coefficient (Wildman–Crippen LogP) is 6.83. The van der Waals surface area contributed by atoms with Crippen molar-refractivity contribution in [1.82, 2.24) is 0 Å². The zero-order valence-electron chi connectivity index (χ0n) is 16.2. The van der Waals surface area contributed by atoms with Gasteiger partial charge in [-0.05, 0) is 38.1 Å². The topological polar surface area (TPSA) is 26.3 Å². The molecule has 6 heteroatoms. The molecule has 0 saturated carbocycles. The Morgan fingerprint density at radius 1 is 0.893 bits per heavy atom. The van der Waals surface area contributed by atoms with E-state index in [1.165, 1.54) is 15.9 Å². The van der Waals surface area contributed by atoms with Crippen molar-refractivity contribution in [1.29, 1.82) is 0 Å². The maximum atomic E-state index is 11.7. The SMILES string of the molecule is C=CC(=O)OC(CSC(C)Sc1ccccc1)CSC(C)Sc1ccccc1. The van der Waals surface area contributed by atoms with Gasteiger partial charge in [-0.2, -0.15) is 0 Å². The fourth-order valence-corrected chi connectivity index (χ4v) is 6.83. The molecule has 0 aliphatic heterocycles. The van der Waals surface area contributed by atoms with E-state index in [2.05, 4.69) is 69.0 Å². The van der Waals surface area contributed by atoms with Gasteiger partial charge < -0.3 is 4.74 Å². The lowest BCUT2D eigenvalue weighted by Crippen LogP contribution is -2.23. The van der Waals surface area contributed by atoms with Crippen LogP contribution in [0.5, 0.6) is 0 Å². The summed E-state index contributed by atoms with van der Waals surface area (Å²) in [6.45, 7) is 7.90. The fourth-order valence-electron chi connectivity index (χ4n) is 2.26. The lowest BCUT2D eigenvalue weighted by atomic mass is 10.4. The van der Waals surface area contributed by atoms with E-state index in [1.54, 1.807) is 0 Å². The first-order chi connectivity index (χ1) is 13.6. The van der Waals surface area contributed by atoms with Crippen LogP contribution in [0.2, 0.25) is 0 Å². The molecule has 0 N–H and O–H groups in total. The van der Waals surface area contributed by atoms with E-state index in [1.807, 2.05) is 59.2 Å². The van der Waals surface area contributed by atoms with Gasteiger partial charge in [0.05, 0.1) is 9.16 Å². The fraction of sp³-hybridized carbons (Fsp3) is 0.318. The zero-order chi connectivity index (χ0) is 20.2. The third-order valence-electron chi connectivity index (χ3n) is 3.57. The molecule has 0 aliphatic rings. The maximum Gasteiger partial charge on any atom is 0.330 e. The van der Waals surface area contributed by atoms with Crippen molar-refractivity contribution >= 4 is 53.0 Å². The first kappa shape index (κ1) is 23.3. The summed E-state index contributed by atoms with van der Waals surface area (Å²) in [5.41, 5.74) is 0. The molecular weight excluding hydrogens is 425 g/mol. The van der Waals surface area contributed by atoms with E-state index >= 15 is 0 Å². The number of rotatable bonds is 12. The number of carbonyl (C=O) groups excluding carboxylic acids is 1. The second-order valence-electron chi connectivity index (χ2n) is 5.93. The maximum absolute atomic E-state index is 11.7. The number of hydrogen-bond donors (Lipinski definition) is 0. The smallest absolute Gasteiger partial charge is 0.330 e. The average molecular weight is 451 g/mol. The van der Waals surface area contributed by atoms with Crippen LogP contribution in [0.4, 0.5) is 0 Å². The van der Waals surface area contributed by atoms with Crippen molar-refractivity contribution < 1.29 is 9.53 Å². The van der Waals surface area contributed by atoms with Crippen molar-refractivity contribution in [3.63, 3.8) is 0 Å². The quantitative estimate of drug-likeness (QED) is 0.152. The molecule has 2 aromatic rings. The summed E-state index contributed by atoms with van der Waals surface area (Å²) >= 11 is 7.29. The third-order valence-corrected chi connectivity index (χ3v) is 8.79. The van der Waals surface area contributed by atoms with Crippen LogP contribution < -0.4 is 0 Å². The van der Waals surface area contributed by atoms with Gasteiger partial charge in [0.15, 0.2) is 0 Å². The van der Waals surface area contributed by atoms with Gasteiger partial charge in [-0.15, -0.1) is 47.0 Å². The molecule has 0 bridgehead atoms. The molecule has 150 valence electrons. The Kier molecular flexibility index (Phi) is 11.1. The Balaban J connectivity index is 1.81. The van der Waals surface area contributed by atoms with Gasteiger partial charge in [0.1, 0.15) is 6.10 Å². The standard InChI is InChI=1S/C22H26O2S4/c1-4-22(23)24-19(15-25-17(2)27-20-11-7-5-8-12-20)16-26-18(3)28-21-13-9-6-10-14-21/h4-14,17-19H,1,15-16H2,2-3H3. The van der Waals surface area contributed by atoms with Gasteiger partial charge in [-0.3, -0.25) is 0 Å². The van der Waals surface area contributed by atoms with Crippen LogP contribution in [0.1, 0.15) is 13.8 Å². The molecule has 2 rings (SSSR count). The van der Waals surface area contributed by atoms with Gasteiger partial charge in [-0.25, -0.2) is 4.79 Å². The summed E-state index contributed by atoms with van der Waals surface area (Å²) in [7, 11) is 0. The van der Waals surface area contributed by atoms with Gasteiger partial charge in [0, 0.05) is 27.4 Å². The first-order valence-corrected chi connectivity index (χ1v) is 12.9. The number of esters is 1. The van der Waals surface area contributed by atoms with Gasteiger partial charge >= 0.3 is 5.97 Å². The highest BCUT2D eigenvalue weighted by Crippen LogP contribution is 2.33. The average Bonchev–Trinajstić information content (AvgIpc) is 2.71. The molecule has 0 aromatic heterocycles. The second-order valence-corrected chi connectivity index (χ2v) is 12.1. The molecule has 0 aliphatic carbocycles. The van der Waals surface area contributed by atoms with E-state index in [9.17, 15) is 4.79 Å². The number of hydrogen-bond acceptors (Lipinski definition) is 6. The van der Waals surface area contributed by atoms with Gasteiger partial charge in [-0.1, -0.05) is 43.0 Å². The Morgan fingerprint density at radius 3 is 1.71 bits per heavy atom. The Labute approximate surface area is 185 Å². The molecule has 2 unspecified atom stereocenters. The monoisotopic (exact) mass is 450 g/mol. The van der Waals surface area contributed by atoms with E-state index in [4.69, 9.17) is 4.74 Å². The summed E-state index contributed by atoms with van der Waals surface area (Å²) in [5, 5.41) is 0. The van der Waals surface area contributed by atoms with Crippen LogP contribution in [0.3, 0.4) is 0 Å². The largest absolute Gasteiger partial charge is 0.457 e. The van der Waals surface area contributed by atoms with Crippen molar-refractivity contribution in [3.8, 4) is 0 Å². The summed E-state index contributed by atoms with van der Waals surface area (Å²) in [4.78, 5) is 14.2. The van der Waals surface area contributed by atoms with Gasteiger partial charge in [0.2, 0.25) is 0 Å². The van der Waals surface area contributed by atoms with Crippen LogP contribution in [-0.4, -0.2) is 32.7 Å². The van der Waals surface area contributed by atoms with Gasteiger partial charge in [0.25, 0.3) is 0 Å². The van der Waals surface area contributed by atoms with Crippen LogP contribution in [0, 0.1) is 0 Å². The Morgan fingerprint density at radius 2 is 1.32 bits per heavy atom. The number of ether oxygens (including phenoxy) is 1. The Hall–Kier alpha value is -0.950. The normalized spacial score (nSPS) is 14.1. The van der Waals surface area contributed by atoms with Crippen molar-refractivity contribution in [3.05, 3.63) is 73.3 Å². The summed E-state index contributed by atoms with van der Waals surface area (Å²) in [6.07, 6.45) is 1.12. The highest BCUT2D eigenvalue weighted by atomic mass is 32.2. The molecule has 0 heterocycles. The Bertz CT molecular complexity index is 657. The first-order valence-electron chi connectivity index (χ1n) is 9.06. The van der Waals surface area contributed by atoms with Crippen LogP contribution in [0.15, 0.2) is 83.1 Å². The molecule has 0 amide bonds. The summed E-state index contributed by atoms with van der Waals surface area (Å²) < 4.78 is 6.35. The molecule has 2 atom stereocenters. The second kappa shape index (κ2) is 13.3. The van der Waals surface area contributed by atoms with Crippen molar-refractivity contribution in [2.24, 2.45) is 0 Å². The highest BCUT2D eigenvalue weighted by molar-refractivity contribution is 8.17. The van der Waals surface area contributed by atoms with E-state index in [0.29, 0.717) is 9.16 Å². The summed E-state index contributed by atoms with van der Waals surface area (Å²) in [5.74, 6) is 1.20. The van der Waals surface area contributed by atoms with Crippen LogP contribution in [0.25, 0.3) is 0 Å². The predicted molar refractivity (Wildman–Crippen MR) is 129 cm³/mol.